The van der Waals surface area contributed by atoms with Gasteiger partial charge in [0.15, 0.2) is 0 Å². The van der Waals surface area contributed by atoms with E-state index in [1.165, 1.54) is 11.1 Å². The Morgan fingerprint density at radius 1 is 1.25 bits per heavy atom. The normalized spacial score (nSPS) is 19.7. The van der Waals surface area contributed by atoms with Gasteiger partial charge in [-0.2, -0.15) is 0 Å². The molecule has 2 nitrogen and oxygen atoms in total. The summed E-state index contributed by atoms with van der Waals surface area (Å²) in [6.07, 6.45) is 1.87. The van der Waals surface area contributed by atoms with Crippen molar-refractivity contribution in [2.24, 2.45) is 5.92 Å². The van der Waals surface area contributed by atoms with Crippen molar-refractivity contribution in [3.8, 4) is 0 Å². The second kappa shape index (κ2) is 4.98. The summed E-state index contributed by atoms with van der Waals surface area (Å²) in [4.78, 5) is 0. The maximum absolute atomic E-state index is 10.4. The average molecular weight is 219 g/mol. The van der Waals surface area contributed by atoms with Gasteiger partial charge in [-0.15, -0.1) is 0 Å². The van der Waals surface area contributed by atoms with E-state index in [9.17, 15) is 5.11 Å². The molecule has 88 valence electrons. The smallest absolute Gasteiger partial charge is 0.0821 e. The van der Waals surface area contributed by atoms with Crippen molar-refractivity contribution in [1.82, 2.24) is 5.32 Å². The molecule has 2 heteroatoms. The molecule has 0 saturated carbocycles. The average Bonchev–Trinajstić information content (AvgIpc) is 2.29. The molecule has 0 aliphatic carbocycles. The topological polar surface area (TPSA) is 32.3 Å². The van der Waals surface area contributed by atoms with Crippen LogP contribution in [0.5, 0.6) is 0 Å². The third kappa shape index (κ3) is 2.45. The van der Waals surface area contributed by atoms with E-state index < -0.39 is 0 Å². The van der Waals surface area contributed by atoms with Crippen molar-refractivity contribution in [3.63, 3.8) is 0 Å². The Hall–Kier alpha value is -0.860. The maximum Gasteiger partial charge on any atom is 0.0821 e. The SMILES string of the molecule is Cc1ccc(C(O)C2CCNCC2)c(C)c1. The van der Waals surface area contributed by atoms with Gasteiger partial charge in [-0.1, -0.05) is 23.8 Å². The highest BCUT2D eigenvalue weighted by Gasteiger charge is 2.23. The van der Waals surface area contributed by atoms with Gasteiger partial charge in [-0.3, -0.25) is 0 Å². The lowest BCUT2D eigenvalue weighted by atomic mass is 9.86. The zero-order chi connectivity index (χ0) is 11.5. The number of piperidine rings is 1. The van der Waals surface area contributed by atoms with E-state index in [0.29, 0.717) is 5.92 Å². The third-order valence-corrected chi connectivity index (χ3v) is 3.57. The van der Waals surface area contributed by atoms with E-state index in [1.807, 2.05) is 0 Å². The summed E-state index contributed by atoms with van der Waals surface area (Å²) in [7, 11) is 0. The summed E-state index contributed by atoms with van der Waals surface area (Å²) in [6.45, 7) is 6.25. The van der Waals surface area contributed by atoms with Gasteiger partial charge in [-0.05, 0) is 56.8 Å². The Morgan fingerprint density at radius 3 is 2.56 bits per heavy atom. The molecule has 1 aromatic rings. The first-order chi connectivity index (χ1) is 7.68. The van der Waals surface area contributed by atoms with E-state index in [0.717, 1.165) is 31.5 Å². The summed E-state index contributed by atoms with van der Waals surface area (Å²) in [5.41, 5.74) is 3.59. The fraction of sp³-hybridized carbons (Fsp3) is 0.571. The minimum Gasteiger partial charge on any atom is -0.388 e. The molecule has 1 aliphatic rings. The molecule has 1 fully saturated rings. The monoisotopic (exact) mass is 219 g/mol. The van der Waals surface area contributed by atoms with Crippen molar-refractivity contribution in [3.05, 3.63) is 34.9 Å². The fourth-order valence-corrected chi connectivity index (χ4v) is 2.57. The highest BCUT2D eigenvalue weighted by molar-refractivity contribution is 5.32. The van der Waals surface area contributed by atoms with Gasteiger partial charge in [0.25, 0.3) is 0 Å². The van der Waals surface area contributed by atoms with E-state index >= 15 is 0 Å². The second-order valence-corrected chi connectivity index (χ2v) is 4.89. The van der Waals surface area contributed by atoms with Crippen molar-refractivity contribution >= 4 is 0 Å². The first-order valence-electron chi connectivity index (χ1n) is 6.14. The van der Waals surface area contributed by atoms with Gasteiger partial charge >= 0.3 is 0 Å². The van der Waals surface area contributed by atoms with Crippen LogP contribution in [0.1, 0.15) is 35.6 Å². The largest absolute Gasteiger partial charge is 0.388 e. The van der Waals surface area contributed by atoms with Crippen molar-refractivity contribution < 1.29 is 5.11 Å². The van der Waals surface area contributed by atoms with Crippen LogP contribution in [0.15, 0.2) is 18.2 Å². The number of rotatable bonds is 2. The lowest BCUT2D eigenvalue weighted by Gasteiger charge is -2.28. The van der Waals surface area contributed by atoms with Crippen molar-refractivity contribution in [1.29, 1.82) is 0 Å². The first-order valence-corrected chi connectivity index (χ1v) is 6.14. The van der Waals surface area contributed by atoms with E-state index in [-0.39, 0.29) is 6.10 Å². The summed E-state index contributed by atoms with van der Waals surface area (Å²) >= 11 is 0. The molecule has 1 atom stereocenters. The summed E-state index contributed by atoms with van der Waals surface area (Å²) in [5, 5.41) is 13.7. The van der Waals surface area contributed by atoms with Crippen LogP contribution in [-0.2, 0) is 0 Å². The fourth-order valence-electron chi connectivity index (χ4n) is 2.57. The van der Waals surface area contributed by atoms with Crippen molar-refractivity contribution in [2.75, 3.05) is 13.1 Å². The number of aliphatic hydroxyl groups is 1. The molecule has 0 spiro atoms. The molecule has 0 radical (unpaired) electrons. The number of aryl methyl sites for hydroxylation is 2. The molecular formula is C14H21NO. The highest BCUT2D eigenvalue weighted by atomic mass is 16.3. The van der Waals surface area contributed by atoms with Crippen molar-refractivity contribution in [2.45, 2.75) is 32.8 Å². The third-order valence-electron chi connectivity index (χ3n) is 3.57. The predicted molar refractivity (Wildman–Crippen MR) is 66.5 cm³/mol. The van der Waals surface area contributed by atoms with Gasteiger partial charge in [0.1, 0.15) is 0 Å². The Morgan fingerprint density at radius 2 is 1.94 bits per heavy atom. The lowest BCUT2D eigenvalue weighted by molar-refractivity contribution is 0.0884. The Kier molecular flexibility index (Phi) is 3.62. The number of aliphatic hydroxyl groups excluding tert-OH is 1. The summed E-state index contributed by atoms with van der Waals surface area (Å²) in [6, 6.07) is 6.32. The molecule has 0 bridgehead atoms. The number of hydrogen-bond donors (Lipinski definition) is 2. The minimum absolute atomic E-state index is 0.289. The van der Waals surface area contributed by atoms with Crippen LogP contribution in [0.25, 0.3) is 0 Å². The van der Waals surface area contributed by atoms with Crippen LogP contribution in [0, 0.1) is 19.8 Å². The molecule has 1 heterocycles. The van der Waals surface area contributed by atoms with E-state index in [4.69, 9.17) is 0 Å². The molecule has 0 amide bonds. The Bertz CT molecular complexity index is 356. The quantitative estimate of drug-likeness (QED) is 0.800. The minimum atomic E-state index is -0.289. The zero-order valence-corrected chi connectivity index (χ0v) is 10.2. The predicted octanol–water partition coefficient (Wildman–Crippen LogP) is 2.34. The standard InChI is InChI=1S/C14H21NO/c1-10-3-4-13(11(2)9-10)14(16)12-5-7-15-8-6-12/h3-4,9,12,14-16H,5-8H2,1-2H3. The molecule has 2 N–H and O–H groups in total. The molecule has 2 rings (SSSR count). The Labute approximate surface area is 97.7 Å². The molecule has 1 aromatic carbocycles. The Balaban J connectivity index is 2.15. The molecule has 1 unspecified atom stereocenters. The molecular weight excluding hydrogens is 198 g/mol. The second-order valence-electron chi connectivity index (χ2n) is 4.89. The van der Waals surface area contributed by atoms with Crippen LogP contribution in [0.3, 0.4) is 0 Å². The van der Waals surface area contributed by atoms with Crippen LogP contribution in [-0.4, -0.2) is 18.2 Å². The van der Waals surface area contributed by atoms with Crippen LogP contribution in [0.4, 0.5) is 0 Å². The van der Waals surface area contributed by atoms with Gasteiger partial charge in [0.05, 0.1) is 6.10 Å². The van der Waals surface area contributed by atoms with E-state index in [1.54, 1.807) is 0 Å². The lowest BCUT2D eigenvalue weighted by Crippen LogP contribution is -2.31. The van der Waals surface area contributed by atoms with E-state index in [2.05, 4.69) is 37.4 Å². The van der Waals surface area contributed by atoms with Gasteiger partial charge in [0.2, 0.25) is 0 Å². The molecule has 16 heavy (non-hydrogen) atoms. The van der Waals surface area contributed by atoms with Gasteiger partial charge < -0.3 is 10.4 Å². The van der Waals surface area contributed by atoms with Crippen LogP contribution < -0.4 is 5.32 Å². The van der Waals surface area contributed by atoms with Crippen LogP contribution in [0.2, 0.25) is 0 Å². The number of benzene rings is 1. The summed E-state index contributed by atoms with van der Waals surface area (Å²) < 4.78 is 0. The highest BCUT2D eigenvalue weighted by Crippen LogP contribution is 2.30. The van der Waals surface area contributed by atoms with Gasteiger partial charge in [0, 0.05) is 0 Å². The number of nitrogens with one attached hydrogen (secondary N) is 1. The van der Waals surface area contributed by atoms with Gasteiger partial charge in [-0.25, -0.2) is 0 Å². The maximum atomic E-state index is 10.4. The zero-order valence-electron chi connectivity index (χ0n) is 10.2. The summed E-state index contributed by atoms with van der Waals surface area (Å²) in [5.74, 6) is 0.419. The first kappa shape index (κ1) is 11.6. The molecule has 1 aliphatic heterocycles. The molecule has 1 saturated heterocycles. The molecule has 0 aromatic heterocycles. The number of hydrogen-bond acceptors (Lipinski definition) is 2. The van der Waals surface area contributed by atoms with Crippen LogP contribution >= 0.6 is 0 Å².